The van der Waals surface area contributed by atoms with Crippen molar-refractivity contribution in [2.24, 2.45) is 0 Å². The first-order valence-electron chi connectivity index (χ1n) is 36.8. The van der Waals surface area contributed by atoms with Crippen LogP contribution in [0.5, 0.6) is 0 Å². The first-order valence-corrected chi connectivity index (χ1v) is 39.8. The lowest BCUT2D eigenvalue weighted by atomic mass is 10.0. The first kappa shape index (κ1) is 87.1. The number of aliphatic hydroxyl groups excluding tert-OH is 1. The molecule has 0 aliphatic rings. The monoisotopic (exact) mass is 1310 g/mol. The van der Waals surface area contributed by atoms with Gasteiger partial charge in [-0.25, -0.2) is 9.13 Å². The van der Waals surface area contributed by atoms with Gasteiger partial charge in [-0.3, -0.25) is 37.3 Å². The SMILES string of the molecule is CCCCCCCCCCCCCCCCCCCCCCCC(=O)O[C@H](COC(=O)CCCCCCCCCCCCCC)COP(=O)(O)OC[C@@H](O)COP(=O)(O)OC[C@@H](COC(=O)CCCCCCC)OC(=O)CCCCCCCCCCCCC. The van der Waals surface area contributed by atoms with Crippen LogP contribution in [0.15, 0.2) is 0 Å². The van der Waals surface area contributed by atoms with E-state index in [1.54, 1.807) is 0 Å². The van der Waals surface area contributed by atoms with Crippen molar-refractivity contribution in [3.8, 4) is 0 Å². The Morgan fingerprint density at radius 2 is 0.449 bits per heavy atom. The van der Waals surface area contributed by atoms with Crippen LogP contribution in [0, 0.1) is 0 Å². The highest BCUT2D eigenvalue weighted by atomic mass is 31.2. The van der Waals surface area contributed by atoms with E-state index < -0.39 is 97.5 Å². The summed E-state index contributed by atoms with van der Waals surface area (Å²) in [5.74, 6) is -2.13. The second-order valence-electron chi connectivity index (χ2n) is 25.3. The zero-order valence-corrected chi connectivity index (χ0v) is 59.2. The maximum Gasteiger partial charge on any atom is 0.472 e. The fraction of sp³-hybridized carbons (Fsp3) is 0.943. The van der Waals surface area contributed by atoms with Gasteiger partial charge in [-0.15, -0.1) is 0 Å². The molecule has 528 valence electrons. The van der Waals surface area contributed by atoms with Crippen LogP contribution in [-0.2, 0) is 65.4 Å². The van der Waals surface area contributed by atoms with E-state index in [9.17, 15) is 43.2 Å². The fourth-order valence-electron chi connectivity index (χ4n) is 10.7. The molecule has 0 aromatic heterocycles. The summed E-state index contributed by atoms with van der Waals surface area (Å²) in [7, 11) is -9.88. The lowest BCUT2D eigenvalue weighted by molar-refractivity contribution is -0.161. The van der Waals surface area contributed by atoms with Gasteiger partial charge in [-0.1, -0.05) is 317 Å². The largest absolute Gasteiger partial charge is 0.472 e. The molecule has 0 heterocycles. The summed E-state index contributed by atoms with van der Waals surface area (Å²) in [4.78, 5) is 72.2. The average Bonchev–Trinajstić information content (AvgIpc) is 3.72. The summed E-state index contributed by atoms with van der Waals surface area (Å²) in [5, 5.41) is 10.5. The Bertz CT molecular complexity index is 1710. The van der Waals surface area contributed by atoms with Gasteiger partial charge in [-0.2, -0.15) is 0 Å². The number of ether oxygens (including phenoxy) is 4. The number of carbonyl (C=O) groups is 4. The maximum atomic E-state index is 13.0. The molecule has 0 rings (SSSR count). The molecule has 0 aliphatic heterocycles. The number of hydrogen-bond donors (Lipinski definition) is 3. The van der Waals surface area contributed by atoms with Crippen LogP contribution < -0.4 is 0 Å². The minimum absolute atomic E-state index is 0.106. The Hall–Kier alpha value is -1.94. The summed E-state index contributed by atoms with van der Waals surface area (Å²) in [6.07, 6.45) is 53.2. The second-order valence-corrected chi connectivity index (χ2v) is 28.2. The summed E-state index contributed by atoms with van der Waals surface area (Å²) in [5.41, 5.74) is 0. The van der Waals surface area contributed by atoms with Crippen LogP contribution in [0.3, 0.4) is 0 Å². The topological polar surface area (TPSA) is 237 Å². The van der Waals surface area contributed by atoms with Crippen molar-refractivity contribution in [2.45, 2.75) is 386 Å². The van der Waals surface area contributed by atoms with Crippen LogP contribution in [0.2, 0.25) is 0 Å². The molecular formula is C70H136O17P2. The zero-order chi connectivity index (χ0) is 65.4. The number of aliphatic hydroxyl groups is 1. The molecule has 0 bridgehead atoms. The number of phosphoric ester groups is 2. The second kappa shape index (κ2) is 64.8. The van der Waals surface area contributed by atoms with E-state index >= 15 is 0 Å². The lowest BCUT2D eigenvalue weighted by Crippen LogP contribution is -2.30. The van der Waals surface area contributed by atoms with Gasteiger partial charge < -0.3 is 33.8 Å². The lowest BCUT2D eigenvalue weighted by Gasteiger charge is -2.21. The Morgan fingerprint density at radius 3 is 0.663 bits per heavy atom. The normalized spacial score (nSPS) is 14.0. The predicted molar refractivity (Wildman–Crippen MR) is 359 cm³/mol. The van der Waals surface area contributed by atoms with Gasteiger partial charge in [-0.05, 0) is 25.7 Å². The molecule has 0 spiro atoms. The third-order valence-electron chi connectivity index (χ3n) is 16.4. The van der Waals surface area contributed by atoms with Crippen LogP contribution in [-0.4, -0.2) is 96.7 Å². The molecule has 0 radical (unpaired) electrons. The molecule has 0 saturated carbocycles. The van der Waals surface area contributed by atoms with Gasteiger partial charge in [0.2, 0.25) is 0 Å². The summed E-state index contributed by atoms with van der Waals surface area (Å²) in [6, 6.07) is 0. The fourth-order valence-corrected chi connectivity index (χ4v) is 12.3. The number of rotatable bonds is 71. The third-order valence-corrected chi connectivity index (χ3v) is 18.3. The van der Waals surface area contributed by atoms with E-state index in [1.807, 2.05) is 0 Å². The van der Waals surface area contributed by atoms with Crippen molar-refractivity contribution in [1.82, 2.24) is 0 Å². The third kappa shape index (κ3) is 64.6. The molecule has 2 unspecified atom stereocenters. The molecular weight excluding hydrogens is 1170 g/mol. The average molecular weight is 1310 g/mol. The number of carbonyl (C=O) groups excluding carboxylic acids is 4. The Balaban J connectivity index is 5.09. The molecule has 0 aromatic rings. The van der Waals surface area contributed by atoms with Gasteiger partial charge >= 0.3 is 39.5 Å². The highest BCUT2D eigenvalue weighted by Gasteiger charge is 2.30. The van der Waals surface area contributed by atoms with Crippen LogP contribution in [0.25, 0.3) is 0 Å². The molecule has 89 heavy (non-hydrogen) atoms. The van der Waals surface area contributed by atoms with Crippen molar-refractivity contribution in [2.75, 3.05) is 39.6 Å². The summed E-state index contributed by atoms with van der Waals surface area (Å²) in [6.45, 7) is 4.85. The molecule has 5 atom stereocenters. The van der Waals surface area contributed by atoms with Gasteiger partial charge in [0.05, 0.1) is 26.4 Å². The van der Waals surface area contributed by atoms with Crippen molar-refractivity contribution < 1.29 is 80.2 Å². The molecule has 3 N–H and O–H groups in total. The van der Waals surface area contributed by atoms with Gasteiger partial charge in [0, 0.05) is 25.7 Å². The van der Waals surface area contributed by atoms with Crippen molar-refractivity contribution in [3.63, 3.8) is 0 Å². The summed E-state index contributed by atoms with van der Waals surface area (Å²) >= 11 is 0. The van der Waals surface area contributed by atoms with Crippen LogP contribution in [0.4, 0.5) is 0 Å². The molecule has 19 heteroatoms. The zero-order valence-electron chi connectivity index (χ0n) is 57.4. The molecule has 0 amide bonds. The minimum atomic E-state index is -4.95. The van der Waals surface area contributed by atoms with Gasteiger partial charge in [0.25, 0.3) is 0 Å². The summed E-state index contributed by atoms with van der Waals surface area (Å²) < 4.78 is 68.0. The first-order chi connectivity index (χ1) is 43.2. The molecule has 0 aliphatic carbocycles. The van der Waals surface area contributed by atoms with Gasteiger partial charge in [0.15, 0.2) is 12.2 Å². The van der Waals surface area contributed by atoms with E-state index in [4.69, 9.17) is 37.0 Å². The molecule has 0 saturated heterocycles. The molecule has 0 aromatic carbocycles. The molecule has 17 nitrogen and oxygen atoms in total. The van der Waals surface area contributed by atoms with Crippen LogP contribution >= 0.6 is 15.6 Å². The van der Waals surface area contributed by atoms with Crippen molar-refractivity contribution in [1.29, 1.82) is 0 Å². The number of esters is 4. The van der Waals surface area contributed by atoms with Crippen LogP contribution in [0.1, 0.15) is 368 Å². The standard InChI is InChI=1S/C70H136O17P2/c1-5-9-13-17-20-23-26-28-29-30-31-32-33-34-35-36-39-42-45-49-53-57-70(75)87-66(61-81-68(73)55-51-47-43-40-38-27-24-21-18-14-10-6-2)63-85-89(78,79)83-59-64(71)58-82-88(76,77)84-62-65(60-80-67(72)54-50-46-16-12-8-4)86-69(74)56-52-48-44-41-37-25-22-19-15-11-7-3/h64-66,71H,5-63H2,1-4H3,(H,76,77)(H,78,79)/t64-,65+,66+/m0/s1. The Morgan fingerprint density at radius 1 is 0.270 bits per heavy atom. The number of phosphoric acid groups is 2. The highest BCUT2D eigenvalue weighted by Crippen LogP contribution is 2.45. The quantitative estimate of drug-likeness (QED) is 0.0222. The van der Waals surface area contributed by atoms with E-state index in [0.717, 1.165) is 96.3 Å². The van der Waals surface area contributed by atoms with E-state index in [0.29, 0.717) is 25.7 Å². The molecule has 0 fully saturated rings. The predicted octanol–water partition coefficient (Wildman–Crippen LogP) is 20.3. The van der Waals surface area contributed by atoms with E-state index in [1.165, 1.54) is 193 Å². The Kier molecular flexibility index (Phi) is 63.3. The van der Waals surface area contributed by atoms with Crippen molar-refractivity contribution in [3.05, 3.63) is 0 Å². The van der Waals surface area contributed by atoms with E-state index in [2.05, 4.69) is 27.7 Å². The minimum Gasteiger partial charge on any atom is -0.462 e. The van der Waals surface area contributed by atoms with E-state index in [-0.39, 0.29) is 25.7 Å². The Labute approximate surface area is 543 Å². The highest BCUT2D eigenvalue weighted by molar-refractivity contribution is 7.47. The van der Waals surface area contributed by atoms with Crippen molar-refractivity contribution >= 4 is 39.5 Å². The number of hydrogen-bond acceptors (Lipinski definition) is 15. The smallest absolute Gasteiger partial charge is 0.462 e. The maximum absolute atomic E-state index is 13.0. The van der Waals surface area contributed by atoms with Gasteiger partial charge in [0.1, 0.15) is 19.3 Å². The number of unbranched alkanes of at least 4 members (excludes halogenated alkanes) is 45.